The van der Waals surface area contributed by atoms with Crippen LogP contribution < -0.4 is 0 Å². The summed E-state index contributed by atoms with van der Waals surface area (Å²) in [6.45, 7) is 0.137. The van der Waals surface area contributed by atoms with Crippen molar-refractivity contribution in [2.45, 2.75) is 25.0 Å². The summed E-state index contributed by atoms with van der Waals surface area (Å²) < 4.78 is 31.6. The maximum absolute atomic E-state index is 10.8. The molecule has 1 aromatic rings. The van der Waals surface area contributed by atoms with Crippen LogP contribution in [-0.2, 0) is 25.5 Å². The topological polar surface area (TPSA) is 55.9 Å². The van der Waals surface area contributed by atoms with Gasteiger partial charge < -0.3 is 4.74 Å². The van der Waals surface area contributed by atoms with E-state index in [9.17, 15) is 8.42 Å². The van der Waals surface area contributed by atoms with Crippen molar-refractivity contribution < 1.29 is 17.3 Å². The first-order valence-corrected chi connectivity index (χ1v) is 7.40. The lowest BCUT2D eigenvalue weighted by atomic mass is 10.1. The van der Waals surface area contributed by atoms with Crippen LogP contribution in [0.1, 0.15) is 12.0 Å². The lowest BCUT2D eigenvalue weighted by Gasteiger charge is -1.98. The standard InChI is InChI=1S/C12H16O4S/c1-17(13,14)15-9-12-11(16-12)8-7-10-5-3-2-4-6-10/h2-6,11-12H,7-9H2,1H3/t11-,12-/m0/s1. The Kier molecular flexibility index (Phi) is 3.81. The molecular weight excluding hydrogens is 240 g/mol. The summed E-state index contributed by atoms with van der Waals surface area (Å²) in [7, 11) is -3.35. The van der Waals surface area contributed by atoms with Crippen LogP contribution >= 0.6 is 0 Å². The summed E-state index contributed by atoms with van der Waals surface area (Å²) in [5.74, 6) is 0. The minimum absolute atomic E-state index is 0.0616. The van der Waals surface area contributed by atoms with E-state index in [0.29, 0.717) is 0 Å². The molecule has 2 atom stereocenters. The van der Waals surface area contributed by atoms with Crippen molar-refractivity contribution >= 4 is 10.1 Å². The molecule has 0 aliphatic carbocycles. The molecule has 1 aliphatic heterocycles. The van der Waals surface area contributed by atoms with Crippen LogP contribution in [0.5, 0.6) is 0 Å². The van der Waals surface area contributed by atoms with E-state index < -0.39 is 10.1 Å². The van der Waals surface area contributed by atoms with Gasteiger partial charge in [0.05, 0.1) is 19.0 Å². The molecule has 94 valence electrons. The Morgan fingerprint density at radius 3 is 2.59 bits per heavy atom. The third-order valence-corrected chi connectivity index (χ3v) is 3.26. The highest BCUT2D eigenvalue weighted by Crippen LogP contribution is 2.27. The van der Waals surface area contributed by atoms with Crippen LogP contribution in [0.4, 0.5) is 0 Å². The van der Waals surface area contributed by atoms with E-state index in [4.69, 9.17) is 4.74 Å². The summed E-state index contributed by atoms with van der Waals surface area (Å²) >= 11 is 0. The molecule has 2 rings (SSSR count). The summed E-state index contributed by atoms with van der Waals surface area (Å²) in [4.78, 5) is 0. The fourth-order valence-corrected chi connectivity index (χ4v) is 2.11. The van der Waals surface area contributed by atoms with Crippen molar-refractivity contribution in [1.82, 2.24) is 0 Å². The Hall–Kier alpha value is -0.910. The summed E-state index contributed by atoms with van der Waals surface area (Å²) in [5, 5.41) is 0. The summed E-state index contributed by atoms with van der Waals surface area (Å²) in [5.41, 5.74) is 1.27. The molecule has 5 heteroatoms. The third kappa shape index (κ3) is 4.46. The molecule has 0 N–H and O–H groups in total. The van der Waals surface area contributed by atoms with Crippen LogP contribution in [0.2, 0.25) is 0 Å². The zero-order chi connectivity index (χ0) is 12.3. The van der Waals surface area contributed by atoms with Crippen molar-refractivity contribution in [3.63, 3.8) is 0 Å². The monoisotopic (exact) mass is 256 g/mol. The summed E-state index contributed by atoms with van der Waals surface area (Å²) in [6.07, 6.45) is 2.97. The van der Waals surface area contributed by atoms with Gasteiger partial charge in [-0.2, -0.15) is 8.42 Å². The van der Waals surface area contributed by atoms with E-state index in [0.717, 1.165) is 19.1 Å². The van der Waals surface area contributed by atoms with Gasteiger partial charge in [0.2, 0.25) is 0 Å². The van der Waals surface area contributed by atoms with Crippen molar-refractivity contribution in [3.8, 4) is 0 Å². The van der Waals surface area contributed by atoms with Gasteiger partial charge in [-0.25, -0.2) is 0 Å². The third-order valence-electron chi connectivity index (χ3n) is 2.69. The SMILES string of the molecule is CS(=O)(=O)OC[C@@H]1O[C@H]1CCc1ccccc1. The van der Waals surface area contributed by atoms with Crippen molar-refractivity contribution in [2.75, 3.05) is 12.9 Å². The average Bonchev–Trinajstić information content (AvgIpc) is 3.03. The van der Waals surface area contributed by atoms with Crippen molar-refractivity contribution in [1.29, 1.82) is 0 Å². The number of hydrogen-bond donors (Lipinski definition) is 0. The Morgan fingerprint density at radius 1 is 1.24 bits per heavy atom. The molecule has 1 aliphatic rings. The fourth-order valence-electron chi connectivity index (χ4n) is 1.72. The second-order valence-corrected chi connectivity index (χ2v) is 5.87. The Balaban J connectivity index is 1.67. The van der Waals surface area contributed by atoms with Crippen molar-refractivity contribution in [3.05, 3.63) is 35.9 Å². The number of benzene rings is 1. The highest BCUT2D eigenvalue weighted by atomic mass is 32.2. The van der Waals surface area contributed by atoms with Gasteiger partial charge in [0.1, 0.15) is 6.10 Å². The Morgan fingerprint density at radius 2 is 1.94 bits per heavy atom. The fraction of sp³-hybridized carbons (Fsp3) is 0.500. The van der Waals surface area contributed by atoms with E-state index in [1.807, 2.05) is 18.2 Å². The van der Waals surface area contributed by atoms with Gasteiger partial charge in [-0.3, -0.25) is 4.18 Å². The van der Waals surface area contributed by atoms with E-state index in [2.05, 4.69) is 16.3 Å². The maximum atomic E-state index is 10.8. The lowest BCUT2D eigenvalue weighted by Crippen LogP contribution is -2.10. The van der Waals surface area contributed by atoms with Crippen LogP contribution in [0.25, 0.3) is 0 Å². The van der Waals surface area contributed by atoms with Gasteiger partial charge in [-0.15, -0.1) is 0 Å². The van der Waals surface area contributed by atoms with Crippen LogP contribution in [0, 0.1) is 0 Å². The van der Waals surface area contributed by atoms with Gasteiger partial charge >= 0.3 is 0 Å². The number of hydrogen-bond acceptors (Lipinski definition) is 4. The highest BCUT2D eigenvalue weighted by molar-refractivity contribution is 7.85. The molecule has 4 nitrogen and oxygen atoms in total. The normalized spacial score (nSPS) is 23.6. The number of rotatable bonds is 6. The number of ether oxygens (including phenoxy) is 1. The molecule has 0 spiro atoms. The minimum atomic E-state index is -3.35. The van der Waals surface area contributed by atoms with Crippen molar-refractivity contribution in [2.24, 2.45) is 0 Å². The molecule has 0 saturated carbocycles. The van der Waals surface area contributed by atoms with Gasteiger partial charge in [0.15, 0.2) is 0 Å². The molecule has 0 amide bonds. The lowest BCUT2D eigenvalue weighted by molar-refractivity contribution is 0.265. The van der Waals surface area contributed by atoms with Crippen LogP contribution in [0.15, 0.2) is 30.3 Å². The minimum Gasteiger partial charge on any atom is -0.367 e. The zero-order valence-corrected chi connectivity index (χ0v) is 10.5. The quantitative estimate of drug-likeness (QED) is 0.569. The van der Waals surface area contributed by atoms with E-state index in [-0.39, 0.29) is 18.8 Å². The predicted molar refractivity (Wildman–Crippen MR) is 64.2 cm³/mol. The van der Waals surface area contributed by atoms with Gasteiger partial charge in [-0.1, -0.05) is 30.3 Å². The van der Waals surface area contributed by atoms with Crippen LogP contribution in [-0.4, -0.2) is 33.5 Å². The van der Waals surface area contributed by atoms with E-state index in [1.54, 1.807) is 0 Å². The second-order valence-electron chi connectivity index (χ2n) is 4.23. The molecule has 1 saturated heterocycles. The molecule has 0 aromatic heterocycles. The molecule has 0 unspecified atom stereocenters. The second kappa shape index (κ2) is 5.16. The highest BCUT2D eigenvalue weighted by Gasteiger charge is 2.39. The summed E-state index contributed by atoms with van der Waals surface area (Å²) in [6, 6.07) is 10.1. The van der Waals surface area contributed by atoms with Crippen LogP contribution in [0.3, 0.4) is 0 Å². The predicted octanol–water partition coefficient (Wildman–Crippen LogP) is 1.36. The molecule has 0 bridgehead atoms. The van der Waals surface area contributed by atoms with Gasteiger partial charge in [-0.05, 0) is 18.4 Å². The molecule has 17 heavy (non-hydrogen) atoms. The zero-order valence-electron chi connectivity index (χ0n) is 9.70. The largest absolute Gasteiger partial charge is 0.367 e. The number of epoxide rings is 1. The average molecular weight is 256 g/mol. The molecular formula is C12H16O4S. The maximum Gasteiger partial charge on any atom is 0.264 e. The Labute approximate surface area is 102 Å². The molecule has 1 heterocycles. The van der Waals surface area contributed by atoms with E-state index >= 15 is 0 Å². The Bertz CT molecular complexity index is 455. The smallest absolute Gasteiger partial charge is 0.264 e. The van der Waals surface area contributed by atoms with Gasteiger partial charge in [0, 0.05) is 0 Å². The number of aryl methyl sites for hydroxylation is 1. The molecule has 0 radical (unpaired) electrons. The first kappa shape index (κ1) is 12.5. The van der Waals surface area contributed by atoms with Gasteiger partial charge in [0.25, 0.3) is 10.1 Å². The first-order chi connectivity index (χ1) is 8.04. The molecule has 1 aromatic carbocycles. The first-order valence-electron chi connectivity index (χ1n) is 5.58. The van der Waals surface area contributed by atoms with E-state index in [1.165, 1.54) is 5.56 Å². The molecule has 1 fully saturated rings.